The summed E-state index contributed by atoms with van der Waals surface area (Å²) in [5.41, 5.74) is 0. The van der Waals surface area contributed by atoms with E-state index in [1.54, 1.807) is 12.4 Å². The second kappa shape index (κ2) is 5.66. The molecule has 1 aromatic rings. The van der Waals surface area contributed by atoms with Gasteiger partial charge in [0.15, 0.2) is 0 Å². The van der Waals surface area contributed by atoms with Gasteiger partial charge in [0.05, 0.1) is 4.47 Å². The minimum absolute atomic E-state index is 0.366. The van der Waals surface area contributed by atoms with E-state index >= 15 is 0 Å². The van der Waals surface area contributed by atoms with Gasteiger partial charge in [0.25, 0.3) is 0 Å². The van der Waals surface area contributed by atoms with Gasteiger partial charge in [0.1, 0.15) is 0 Å². The molecule has 0 amide bonds. The fraction of sp³-hybridized carbons (Fsp3) is 0.556. The number of hydrogen-bond acceptors (Lipinski definition) is 3. The lowest BCUT2D eigenvalue weighted by Gasteiger charge is -2.14. The Hall–Kier alpha value is -0.160. The summed E-state index contributed by atoms with van der Waals surface area (Å²) in [5.74, 6) is 0.675. The Balaban J connectivity index is 2.47. The zero-order valence-corrected chi connectivity index (χ0v) is 11.3. The van der Waals surface area contributed by atoms with Gasteiger partial charge >= 0.3 is 0 Å². The molecule has 1 N–H and O–H groups in total. The number of hydrogen-bond donors (Lipinski definition) is 1. The molecule has 0 aromatic carbocycles. The van der Waals surface area contributed by atoms with Crippen molar-refractivity contribution < 1.29 is 0 Å². The largest absolute Gasteiger partial charge is 0.352 e. The van der Waals surface area contributed by atoms with E-state index in [1.807, 2.05) is 0 Å². The van der Waals surface area contributed by atoms with Crippen molar-refractivity contribution in [2.75, 3.05) is 5.32 Å². The SMILES string of the molecule is CC(Br)CC(C)Nc1ncc(Br)cn1. The third-order valence-corrected chi connectivity index (χ3v) is 2.46. The molecule has 1 aromatic heterocycles. The molecular weight excluding hydrogens is 310 g/mol. The molecule has 0 saturated carbocycles. The lowest BCUT2D eigenvalue weighted by atomic mass is 10.2. The summed E-state index contributed by atoms with van der Waals surface area (Å²) >= 11 is 6.80. The van der Waals surface area contributed by atoms with E-state index in [4.69, 9.17) is 0 Å². The quantitative estimate of drug-likeness (QED) is 0.865. The van der Waals surface area contributed by atoms with Crippen molar-refractivity contribution in [1.29, 1.82) is 0 Å². The van der Waals surface area contributed by atoms with Crippen molar-refractivity contribution in [2.24, 2.45) is 0 Å². The van der Waals surface area contributed by atoms with E-state index in [0.29, 0.717) is 16.8 Å². The Morgan fingerprint density at radius 3 is 2.43 bits per heavy atom. The van der Waals surface area contributed by atoms with Crippen LogP contribution in [0.1, 0.15) is 20.3 Å². The maximum Gasteiger partial charge on any atom is 0.222 e. The van der Waals surface area contributed by atoms with E-state index in [9.17, 15) is 0 Å². The van der Waals surface area contributed by atoms with Crippen molar-refractivity contribution in [1.82, 2.24) is 9.97 Å². The van der Waals surface area contributed by atoms with Crippen LogP contribution in [-0.4, -0.2) is 20.8 Å². The zero-order chi connectivity index (χ0) is 10.6. The fourth-order valence-electron chi connectivity index (χ4n) is 1.15. The summed E-state index contributed by atoms with van der Waals surface area (Å²) in [6, 6.07) is 0.366. The van der Waals surface area contributed by atoms with Crippen LogP contribution in [0.15, 0.2) is 16.9 Å². The molecule has 1 heterocycles. The summed E-state index contributed by atoms with van der Waals surface area (Å²) in [6.07, 6.45) is 4.51. The first kappa shape index (κ1) is 11.9. The van der Waals surface area contributed by atoms with Crippen molar-refractivity contribution in [3.05, 3.63) is 16.9 Å². The van der Waals surface area contributed by atoms with Gasteiger partial charge < -0.3 is 5.32 Å². The maximum absolute atomic E-state index is 4.14. The van der Waals surface area contributed by atoms with E-state index in [-0.39, 0.29) is 0 Å². The number of anilines is 1. The van der Waals surface area contributed by atoms with Crippen LogP contribution in [0.2, 0.25) is 0 Å². The molecule has 2 atom stereocenters. The highest BCUT2D eigenvalue weighted by atomic mass is 79.9. The third kappa shape index (κ3) is 4.37. The van der Waals surface area contributed by atoms with Gasteiger partial charge in [-0.2, -0.15) is 0 Å². The molecule has 0 aliphatic rings. The van der Waals surface area contributed by atoms with E-state index < -0.39 is 0 Å². The van der Waals surface area contributed by atoms with Gasteiger partial charge in [0, 0.05) is 23.3 Å². The highest BCUT2D eigenvalue weighted by Gasteiger charge is 2.06. The lowest BCUT2D eigenvalue weighted by molar-refractivity contribution is 0.701. The second-order valence-electron chi connectivity index (χ2n) is 3.29. The first-order valence-corrected chi connectivity index (χ1v) is 6.17. The van der Waals surface area contributed by atoms with E-state index in [1.165, 1.54) is 0 Å². The summed E-state index contributed by atoms with van der Waals surface area (Å²) in [7, 11) is 0. The molecule has 0 aliphatic carbocycles. The molecule has 0 radical (unpaired) electrons. The minimum Gasteiger partial charge on any atom is -0.352 e. The highest BCUT2D eigenvalue weighted by molar-refractivity contribution is 9.10. The zero-order valence-electron chi connectivity index (χ0n) is 8.17. The Bertz CT molecular complexity index is 274. The highest BCUT2D eigenvalue weighted by Crippen LogP contribution is 2.11. The second-order valence-corrected chi connectivity index (χ2v) is 5.77. The summed E-state index contributed by atoms with van der Waals surface area (Å²) < 4.78 is 0.893. The van der Waals surface area contributed by atoms with Gasteiger partial charge in [-0.3, -0.25) is 0 Å². The molecule has 0 bridgehead atoms. The average molecular weight is 323 g/mol. The number of aromatic nitrogens is 2. The van der Waals surface area contributed by atoms with Gasteiger partial charge in [-0.25, -0.2) is 9.97 Å². The molecule has 2 unspecified atom stereocenters. The molecule has 78 valence electrons. The third-order valence-electron chi connectivity index (χ3n) is 1.67. The van der Waals surface area contributed by atoms with Crippen LogP contribution in [0.25, 0.3) is 0 Å². The lowest BCUT2D eigenvalue weighted by Crippen LogP contribution is -2.19. The normalized spacial score (nSPS) is 14.9. The molecule has 0 aliphatic heterocycles. The minimum atomic E-state index is 0.366. The summed E-state index contributed by atoms with van der Waals surface area (Å²) in [5, 5.41) is 3.23. The number of nitrogens with one attached hydrogen (secondary N) is 1. The van der Waals surface area contributed by atoms with Gasteiger partial charge in [-0.05, 0) is 29.3 Å². The Morgan fingerprint density at radius 1 is 1.36 bits per heavy atom. The smallest absolute Gasteiger partial charge is 0.222 e. The number of nitrogens with zero attached hydrogens (tertiary/aromatic N) is 2. The first-order chi connectivity index (χ1) is 6.58. The molecule has 1 rings (SSSR count). The van der Waals surface area contributed by atoms with Gasteiger partial charge in [0.2, 0.25) is 5.95 Å². The number of alkyl halides is 1. The number of halogens is 2. The van der Waals surface area contributed by atoms with Gasteiger partial charge in [-0.1, -0.05) is 22.9 Å². The molecular formula is C9H13Br2N3. The predicted molar refractivity (Wildman–Crippen MR) is 65.8 cm³/mol. The van der Waals surface area contributed by atoms with E-state index in [2.05, 4.69) is 61.0 Å². The molecule has 3 nitrogen and oxygen atoms in total. The summed E-state index contributed by atoms with van der Waals surface area (Å²) in [6.45, 7) is 4.24. The topological polar surface area (TPSA) is 37.8 Å². The van der Waals surface area contributed by atoms with Gasteiger partial charge in [-0.15, -0.1) is 0 Å². The molecule has 0 saturated heterocycles. The van der Waals surface area contributed by atoms with Crippen LogP contribution in [0.4, 0.5) is 5.95 Å². The maximum atomic E-state index is 4.14. The molecule has 14 heavy (non-hydrogen) atoms. The van der Waals surface area contributed by atoms with Crippen molar-refractivity contribution >= 4 is 37.8 Å². The molecule has 0 fully saturated rings. The number of rotatable bonds is 4. The van der Waals surface area contributed by atoms with Crippen LogP contribution in [0.3, 0.4) is 0 Å². The standard InChI is InChI=1S/C9H13Br2N3/c1-6(10)3-7(2)14-9-12-4-8(11)5-13-9/h4-7H,3H2,1-2H3,(H,12,13,14). The van der Waals surface area contributed by atoms with Crippen molar-refractivity contribution in [2.45, 2.75) is 31.1 Å². The summed E-state index contributed by atoms with van der Waals surface area (Å²) in [4.78, 5) is 8.78. The average Bonchev–Trinajstić information content (AvgIpc) is 2.07. The van der Waals surface area contributed by atoms with Crippen LogP contribution >= 0.6 is 31.9 Å². The van der Waals surface area contributed by atoms with Crippen LogP contribution in [0, 0.1) is 0 Å². The monoisotopic (exact) mass is 321 g/mol. The Morgan fingerprint density at radius 2 is 1.93 bits per heavy atom. The van der Waals surface area contributed by atoms with Crippen molar-refractivity contribution in [3.8, 4) is 0 Å². The molecule has 5 heteroatoms. The Labute approximate surface area is 101 Å². The van der Waals surface area contributed by atoms with Crippen LogP contribution in [0.5, 0.6) is 0 Å². The van der Waals surface area contributed by atoms with Crippen molar-refractivity contribution in [3.63, 3.8) is 0 Å². The fourth-order valence-corrected chi connectivity index (χ4v) is 1.92. The first-order valence-electron chi connectivity index (χ1n) is 4.46. The Kier molecular flexibility index (Phi) is 4.81. The predicted octanol–water partition coefficient (Wildman–Crippen LogP) is 3.21. The van der Waals surface area contributed by atoms with Crippen LogP contribution < -0.4 is 5.32 Å². The van der Waals surface area contributed by atoms with E-state index in [0.717, 1.165) is 10.9 Å². The molecule has 0 spiro atoms. The van der Waals surface area contributed by atoms with Crippen LogP contribution in [-0.2, 0) is 0 Å².